The summed E-state index contributed by atoms with van der Waals surface area (Å²) in [4.78, 5) is 12.9. The first-order chi connectivity index (χ1) is 9.54. The van der Waals surface area contributed by atoms with Crippen molar-refractivity contribution >= 4 is 11.4 Å². The molecule has 2 unspecified atom stereocenters. The summed E-state index contributed by atoms with van der Waals surface area (Å²) < 4.78 is 5.79. The molecule has 0 spiro atoms. The van der Waals surface area contributed by atoms with E-state index < -0.39 is 0 Å². The summed E-state index contributed by atoms with van der Waals surface area (Å²) in [5.74, 6) is 0.613. The number of anilines is 1. The first-order valence-corrected chi connectivity index (χ1v) is 6.99. The van der Waals surface area contributed by atoms with Crippen molar-refractivity contribution in [1.29, 1.82) is 0 Å². The second-order valence-electron chi connectivity index (χ2n) is 5.72. The van der Waals surface area contributed by atoms with Crippen molar-refractivity contribution in [3.05, 3.63) is 28.3 Å². The second kappa shape index (κ2) is 4.94. The highest BCUT2D eigenvalue weighted by Gasteiger charge is 2.38. The van der Waals surface area contributed by atoms with E-state index in [1.807, 2.05) is 19.9 Å². The number of hydrogen-bond donors (Lipinski definition) is 1. The molecule has 1 N–H and O–H groups in total. The number of non-ortho nitro benzene ring substituents is 1. The van der Waals surface area contributed by atoms with Crippen LogP contribution >= 0.6 is 0 Å². The number of nitrogens with zero attached hydrogens (tertiary/aromatic N) is 2. The number of nitrogens with one attached hydrogen (secondary N) is 1. The van der Waals surface area contributed by atoms with Crippen LogP contribution in [0.25, 0.3) is 0 Å². The van der Waals surface area contributed by atoms with Crippen molar-refractivity contribution in [3.8, 4) is 5.75 Å². The Labute approximate surface area is 117 Å². The number of nitro groups is 1. The van der Waals surface area contributed by atoms with Gasteiger partial charge in [0, 0.05) is 31.2 Å². The van der Waals surface area contributed by atoms with Gasteiger partial charge in [-0.1, -0.05) is 0 Å². The first kappa shape index (κ1) is 13.2. The van der Waals surface area contributed by atoms with E-state index in [4.69, 9.17) is 4.74 Å². The van der Waals surface area contributed by atoms with Crippen LogP contribution in [0.15, 0.2) is 18.2 Å². The Morgan fingerprint density at radius 3 is 2.85 bits per heavy atom. The molecule has 0 saturated carbocycles. The predicted octanol–water partition coefficient (Wildman–Crippen LogP) is 1.93. The van der Waals surface area contributed by atoms with Crippen LogP contribution in [0.1, 0.15) is 20.3 Å². The molecule has 1 aromatic rings. The standard InChI is InChI=1S/C14H19N3O3/c1-9(2)20-14-6-11(17(18)19)3-4-13(14)16-8-10-5-12(16)7-15-10/h3-4,6,9-10,12,15H,5,7-8H2,1-2H3. The molecule has 0 aromatic heterocycles. The lowest BCUT2D eigenvalue weighted by atomic mass is 10.2. The number of fused-ring (bicyclic) bond motifs is 2. The maximum Gasteiger partial charge on any atom is 0.273 e. The Balaban J connectivity index is 1.94. The molecule has 108 valence electrons. The molecule has 3 rings (SSSR count). The molecule has 2 heterocycles. The summed E-state index contributed by atoms with van der Waals surface area (Å²) in [6, 6.07) is 5.91. The molecule has 2 bridgehead atoms. The van der Waals surface area contributed by atoms with E-state index in [1.54, 1.807) is 6.07 Å². The van der Waals surface area contributed by atoms with Gasteiger partial charge in [-0.2, -0.15) is 0 Å². The molecule has 2 saturated heterocycles. The number of benzene rings is 1. The maximum absolute atomic E-state index is 10.9. The van der Waals surface area contributed by atoms with Crippen molar-refractivity contribution in [2.75, 3.05) is 18.0 Å². The van der Waals surface area contributed by atoms with Crippen LogP contribution in [0.3, 0.4) is 0 Å². The van der Waals surface area contributed by atoms with Crippen LogP contribution in [0.5, 0.6) is 5.75 Å². The second-order valence-corrected chi connectivity index (χ2v) is 5.72. The van der Waals surface area contributed by atoms with Crippen LogP contribution < -0.4 is 15.0 Å². The molecular weight excluding hydrogens is 258 g/mol. The van der Waals surface area contributed by atoms with E-state index in [-0.39, 0.29) is 16.7 Å². The van der Waals surface area contributed by atoms with Gasteiger partial charge in [-0.25, -0.2) is 0 Å². The summed E-state index contributed by atoms with van der Waals surface area (Å²) in [6.45, 7) is 5.78. The molecule has 2 aliphatic heterocycles. The zero-order valence-electron chi connectivity index (χ0n) is 11.7. The molecule has 0 radical (unpaired) electrons. The topological polar surface area (TPSA) is 67.6 Å². The van der Waals surface area contributed by atoms with Gasteiger partial charge in [0.1, 0.15) is 5.75 Å². The Kier molecular flexibility index (Phi) is 3.25. The first-order valence-electron chi connectivity index (χ1n) is 6.99. The average molecular weight is 277 g/mol. The minimum Gasteiger partial charge on any atom is -0.489 e. The predicted molar refractivity (Wildman–Crippen MR) is 76.4 cm³/mol. The van der Waals surface area contributed by atoms with Gasteiger partial charge in [-0.05, 0) is 26.3 Å². The molecule has 6 heteroatoms. The van der Waals surface area contributed by atoms with Crippen LogP contribution in [0.4, 0.5) is 11.4 Å². The summed E-state index contributed by atoms with van der Waals surface area (Å²) in [5, 5.41) is 14.4. The highest BCUT2D eigenvalue weighted by molar-refractivity contribution is 5.64. The van der Waals surface area contributed by atoms with Crippen LogP contribution in [-0.2, 0) is 0 Å². The fraction of sp³-hybridized carbons (Fsp3) is 0.571. The fourth-order valence-corrected chi connectivity index (χ4v) is 3.06. The minimum absolute atomic E-state index is 0.00586. The number of rotatable bonds is 4. The third-order valence-corrected chi connectivity index (χ3v) is 3.88. The summed E-state index contributed by atoms with van der Waals surface area (Å²) in [6.07, 6.45) is 1.13. The number of piperazine rings is 1. The highest BCUT2D eigenvalue weighted by atomic mass is 16.6. The van der Waals surface area contributed by atoms with Crippen LogP contribution in [0.2, 0.25) is 0 Å². The minimum atomic E-state index is -0.380. The van der Waals surface area contributed by atoms with Gasteiger partial charge in [0.05, 0.1) is 22.8 Å². The summed E-state index contributed by atoms with van der Waals surface area (Å²) in [5.41, 5.74) is 1.05. The van der Waals surface area contributed by atoms with E-state index in [1.165, 1.54) is 6.07 Å². The smallest absolute Gasteiger partial charge is 0.273 e. The zero-order chi connectivity index (χ0) is 14.3. The lowest BCUT2D eigenvalue weighted by Crippen LogP contribution is -2.43. The largest absolute Gasteiger partial charge is 0.489 e. The molecule has 1 aromatic carbocycles. The Morgan fingerprint density at radius 2 is 2.30 bits per heavy atom. The maximum atomic E-state index is 10.9. The van der Waals surface area contributed by atoms with Gasteiger partial charge in [0.2, 0.25) is 0 Å². The van der Waals surface area contributed by atoms with E-state index in [0.29, 0.717) is 17.8 Å². The molecular formula is C14H19N3O3. The normalized spacial score (nSPS) is 24.4. The number of nitro benzene ring substituents is 1. The number of ether oxygens (including phenoxy) is 1. The molecule has 2 fully saturated rings. The quantitative estimate of drug-likeness (QED) is 0.673. The molecule has 0 amide bonds. The van der Waals surface area contributed by atoms with Crippen molar-refractivity contribution in [1.82, 2.24) is 5.32 Å². The summed E-state index contributed by atoms with van der Waals surface area (Å²) >= 11 is 0. The lowest BCUT2D eigenvalue weighted by molar-refractivity contribution is -0.384. The van der Waals surface area contributed by atoms with Crippen LogP contribution in [0, 0.1) is 10.1 Å². The fourth-order valence-electron chi connectivity index (χ4n) is 3.06. The molecule has 6 nitrogen and oxygen atoms in total. The van der Waals surface area contributed by atoms with Crippen molar-refractivity contribution in [3.63, 3.8) is 0 Å². The van der Waals surface area contributed by atoms with Gasteiger partial charge in [-0.3, -0.25) is 10.1 Å². The van der Waals surface area contributed by atoms with Gasteiger partial charge >= 0.3 is 0 Å². The van der Waals surface area contributed by atoms with Gasteiger partial charge in [-0.15, -0.1) is 0 Å². The van der Waals surface area contributed by atoms with E-state index in [2.05, 4.69) is 10.2 Å². The van der Waals surface area contributed by atoms with Crippen molar-refractivity contribution in [2.45, 2.75) is 38.5 Å². The van der Waals surface area contributed by atoms with Gasteiger partial charge < -0.3 is 15.0 Å². The van der Waals surface area contributed by atoms with Gasteiger partial charge in [0.25, 0.3) is 5.69 Å². The van der Waals surface area contributed by atoms with Crippen molar-refractivity contribution in [2.24, 2.45) is 0 Å². The Hall–Kier alpha value is -1.82. The molecule has 20 heavy (non-hydrogen) atoms. The van der Waals surface area contributed by atoms with Crippen molar-refractivity contribution < 1.29 is 9.66 Å². The average Bonchev–Trinajstić information content (AvgIpc) is 3.00. The Morgan fingerprint density at radius 1 is 1.50 bits per heavy atom. The third kappa shape index (κ3) is 2.31. The van der Waals surface area contributed by atoms with E-state index in [0.717, 1.165) is 25.2 Å². The lowest BCUT2D eigenvalue weighted by Gasteiger charge is -2.31. The van der Waals surface area contributed by atoms with Crippen LogP contribution in [-0.4, -0.2) is 36.2 Å². The van der Waals surface area contributed by atoms with Gasteiger partial charge in [0.15, 0.2) is 0 Å². The third-order valence-electron chi connectivity index (χ3n) is 3.88. The zero-order valence-corrected chi connectivity index (χ0v) is 11.7. The summed E-state index contributed by atoms with van der Waals surface area (Å²) in [7, 11) is 0. The molecule has 2 aliphatic rings. The Bertz CT molecular complexity index is 532. The van der Waals surface area contributed by atoms with E-state index in [9.17, 15) is 10.1 Å². The molecule has 0 aliphatic carbocycles. The monoisotopic (exact) mass is 277 g/mol. The highest BCUT2D eigenvalue weighted by Crippen LogP contribution is 2.38. The SMILES string of the molecule is CC(C)Oc1cc([N+](=O)[O-])ccc1N1CC2CC1CN2. The van der Waals surface area contributed by atoms with E-state index >= 15 is 0 Å². The number of hydrogen-bond acceptors (Lipinski definition) is 5. The molecule has 2 atom stereocenters.